The van der Waals surface area contributed by atoms with Crippen LogP contribution in [0.3, 0.4) is 0 Å². The third-order valence-electron chi connectivity index (χ3n) is 12.2. The van der Waals surface area contributed by atoms with Gasteiger partial charge in [0.1, 0.15) is 0 Å². The van der Waals surface area contributed by atoms with Crippen molar-refractivity contribution in [1.82, 2.24) is 9.97 Å². The highest BCUT2D eigenvalue weighted by Crippen LogP contribution is 2.42. The number of benzene rings is 11. The molecular weight excluding hydrogens is 725 g/mol. The maximum absolute atomic E-state index is 5.26. The molecule has 0 aliphatic heterocycles. The zero-order valence-electron chi connectivity index (χ0n) is 32.7. The lowest BCUT2D eigenvalue weighted by atomic mass is 9.89. The van der Waals surface area contributed by atoms with Crippen molar-refractivity contribution in [2.24, 2.45) is 0 Å². The van der Waals surface area contributed by atoms with Gasteiger partial charge in [-0.25, -0.2) is 9.97 Å². The van der Waals surface area contributed by atoms with Crippen molar-refractivity contribution in [3.05, 3.63) is 218 Å². The van der Waals surface area contributed by atoms with Gasteiger partial charge in [-0.05, 0) is 105 Å². The Morgan fingerprint density at radius 3 is 1.10 bits per heavy atom. The van der Waals surface area contributed by atoms with Crippen molar-refractivity contribution in [1.29, 1.82) is 0 Å². The van der Waals surface area contributed by atoms with Crippen molar-refractivity contribution in [3.8, 4) is 56.2 Å². The van der Waals surface area contributed by atoms with Gasteiger partial charge in [-0.1, -0.05) is 200 Å². The SMILES string of the molecule is c1ccc(-c2cc(-c3ccc(-c4c5ccccc5cc5c4ccc4ccccc45)cc3)nc(-c3ccc(-c4c5ccccc5cc5c4ccc4ccccc45)cc3)n2)cc1. The van der Waals surface area contributed by atoms with Crippen molar-refractivity contribution in [2.45, 2.75) is 0 Å². The third kappa shape index (κ3) is 5.65. The second-order valence-corrected chi connectivity index (χ2v) is 15.7. The maximum atomic E-state index is 5.26. The van der Waals surface area contributed by atoms with Crippen LogP contribution in [0.5, 0.6) is 0 Å². The van der Waals surface area contributed by atoms with Gasteiger partial charge in [0.25, 0.3) is 0 Å². The highest BCUT2D eigenvalue weighted by Gasteiger charge is 2.16. The molecule has 0 saturated heterocycles. The Labute approximate surface area is 347 Å². The molecule has 12 aromatic rings. The molecule has 2 heteroatoms. The number of nitrogens with zero attached hydrogens (tertiary/aromatic N) is 2. The smallest absolute Gasteiger partial charge is 0.160 e. The highest BCUT2D eigenvalue weighted by molar-refractivity contribution is 6.21. The molecule has 278 valence electrons. The average molecular weight is 761 g/mol. The Bertz CT molecular complexity index is 3410. The van der Waals surface area contributed by atoms with E-state index in [1.54, 1.807) is 0 Å². The van der Waals surface area contributed by atoms with E-state index in [4.69, 9.17) is 9.97 Å². The minimum Gasteiger partial charge on any atom is -0.228 e. The Kier molecular flexibility index (Phi) is 7.89. The predicted molar refractivity (Wildman–Crippen MR) is 254 cm³/mol. The van der Waals surface area contributed by atoms with Crippen molar-refractivity contribution < 1.29 is 0 Å². The summed E-state index contributed by atoms with van der Waals surface area (Å²) in [4.78, 5) is 10.4. The van der Waals surface area contributed by atoms with Gasteiger partial charge in [-0.3, -0.25) is 0 Å². The number of fused-ring (bicyclic) bond motifs is 8. The van der Waals surface area contributed by atoms with E-state index in [9.17, 15) is 0 Å². The zero-order chi connectivity index (χ0) is 39.6. The zero-order valence-corrected chi connectivity index (χ0v) is 32.7. The second kappa shape index (κ2) is 13.9. The van der Waals surface area contributed by atoms with Crippen LogP contribution in [0.2, 0.25) is 0 Å². The monoisotopic (exact) mass is 760 g/mol. The van der Waals surface area contributed by atoms with Gasteiger partial charge < -0.3 is 0 Å². The summed E-state index contributed by atoms with van der Waals surface area (Å²) in [6.07, 6.45) is 0. The lowest BCUT2D eigenvalue weighted by Gasteiger charge is -2.15. The molecule has 1 heterocycles. The normalized spacial score (nSPS) is 11.7. The third-order valence-corrected chi connectivity index (χ3v) is 12.2. The Morgan fingerprint density at radius 1 is 0.217 bits per heavy atom. The van der Waals surface area contributed by atoms with Gasteiger partial charge in [0.2, 0.25) is 0 Å². The molecule has 0 unspecified atom stereocenters. The Balaban J connectivity index is 0.979. The van der Waals surface area contributed by atoms with Crippen LogP contribution in [-0.2, 0) is 0 Å². The molecule has 0 N–H and O–H groups in total. The van der Waals surface area contributed by atoms with E-state index >= 15 is 0 Å². The van der Waals surface area contributed by atoms with Crippen LogP contribution in [0.1, 0.15) is 0 Å². The maximum Gasteiger partial charge on any atom is 0.160 e. The summed E-state index contributed by atoms with van der Waals surface area (Å²) in [5.74, 6) is 0.697. The summed E-state index contributed by atoms with van der Waals surface area (Å²) in [5, 5.41) is 15.0. The van der Waals surface area contributed by atoms with Gasteiger partial charge in [0.15, 0.2) is 5.82 Å². The molecule has 0 aliphatic rings. The molecular formula is C58H36N2. The van der Waals surface area contributed by atoms with Gasteiger partial charge in [-0.15, -0.1) is 0 Å². The molecule has 0 fully saturated rings. The molecule has 0 atom stereocenters. The summed E-state index contributed by atoms with van der Waals surface area (Å²) in [6, 6.07) is 78.8. The van der Waals surface area contributed by atoms with E-state index in [1.165, 1.54) is 86.9 Å². The van der Waals surface area contributed by atoms with E-state index in [1.807, 2.05) is 6.07 Å². The number of hydrogen-bond donors (Lipinski definition) is 0. The minimum absolute atomic E-state index is 0.697. The fourth-order valence-corrected chi connectivity index (χ4v) is 9.34. The van der Waals surface area contributed by atoms with Gasteiger partial charge in [0.05, 0.1) is 11.4 Å². The van der Waals surface area contributed by atoms with Crippen molar-refractivity contribution in [3.63, 3.8) is 0 Å². The van der Waals surface area contributed by atoms with Crippen LogP contribution in [0.15, 0.2) is 218 Å². The van der Waals surface area contributed by atoms with Crippen LogP contribution >= 0.6 is 0 Å². The van der Waals surface area contributed by atoms with Crippen LogP contribution in [-0.4, -0.2) is 9.97 Å². The van der Waals surface area contributed by atoms with Gasteiger partial charge in [0, 0.05) is 16.7 Å². The van der Waals surface area contributed by atoms with E-state index in [2.05, 4.69) is 212 Å². The minimum atomic E-state index is 0.697. The van der Waals surface area contributed by atoms with Crippen LogP contribution in [0, 0.1) is 0 Å². The lowest BCUT2D eigenvalue weighted by molar-refractivity contribution is 1.18. The summed E-state index contributed by atoms with van der Waals surface area (Å²) < 4.78 is 0. The quantitative estimate of drug-likeness (QED) is 0.129. The highest BCUT2D eigenvalue weighted by atomic mass is 14.9. The first-order valence-corrected chi connectivity index (χ1v) is 20.6. The number of rotatable bonds is 5. The molecule has 0 radical (unpaired) electrons. The largest absolute Gasteiger partial charge is 0.228 e. The van der Waals surface area contributed by atoms with E-state index in [0.717, 1.165) is 28.1 Å². The molecule has 0 aliphatic carbocycles. The van der Waals surface area contributed by atoms with Crippen LogP contribution < -0.4 is 0 Å². The first-order chi connectivity index (χ1) is 29.7. The summed E-state index contributed by atoms with van der Waals surface area (Å²) in [7, 11) is 0. The van der Waals surface area contributed by atoms with Gasteiger partial charge in [-0.2, -0.15) is 0 Å². The fourth-order valence-electron chi connectivity index (χ4n) is 9.34. The van der Waals surface area contributed by atoms with Gasteiger partial charge >= 0.3 is 0 Å². The molecule has 11 aromatic carbocycles. The summed E-state index contributed by atoms with van der Waals surface area (Å²) >= 11 is 0. The van der Waals surface area contributed by atoms with E-state index in [0.29, 0.717) is 5.82 Å². The van der Waals surface area contributed by atoms with Crippen LogP contribution in [0.25, 0.3) is 121 Å². The summed E-state index contributed by atoms with van der Waals surface area (Å²) in [5.41, 5.74) is 9.68. The molecule has 0 spiro atoms. The fraction of sp³-hybridized carbons (Fsp3) is 0. The van der Waals surface area contributed by atoms with Crippen molar-refractivity contribution >= 4 is 64.6 Å². The topological polar surface area (TPSA) is 25.8 Å². The van der Waals surface area contributed by atoms with E-state index in [-0.39, 0.29) is 0 Å². The van der Waals surface area contributed by atoms with E-state index < -0.39 is 0 Å². The summed E-state index contributed by atoms with van der Waals surface area (Å²) in [6.45, 7) is 0. The number of aromatic nitrogens is 2. The van der Waals surface area contributed by atoms with Crippen LogP contribution in [0.4, 0.5) is 0 Å². The molecule has 1 aromatic heterocycles. The molecule has 0 amide bonds. The average Bonchev–Trinajstić information content (AvgIpc) is 3.32. The number of hydrogen-bond acceptors (Lipinski definition) is 2. The first-order valence-electron chi connectivity index (χ1n) is 20.6. The predicted octanol–water partition coefficient (Wildman–Crippen LogP) is 15.7. The molecule has 60 heavy (non-hydrogen) atoms. The molecule has 0 saturated carbocycles. The Hall–Kier alpha value is -7.94. The first kappa shape index (κ1) is 34.1. The molecule has 0 bridgehead atoms. The molecule has 2 nitrogen and oxygen atoms in total. The standard InChI is InChI=1S/C58H36N2/c1-2-14-39(15-3-1)54-36-55(40-22-24-41(25-23-40)56-48-20-10-6-16-44(48)34-52-46-18-8-4-12-37(46)30-32-50(52)56)60-58(59-54)43-28-26-42(27-29-43)57-49-21-11-7-17-45(49)35-53-47-19-9-5-13-38(47)31-33-51(53)57/h1-36H. The lowest BCUT2D eigenvalue weighted by Crippen LogP contribution is -1.96. The molecule has 12 rings (SSSR count). The Morgan fingerprint density at radius 2 is 0.600 bits per heavy atom. The second-order valence-electron chi connectivity index (χ2n) is 15.7. The van der Waals surface area contributed by atoms with Crippen molar-refractivity contribution in [2.75, 3.05) is 0 Å².